The topological polar surface area (TPSA) is 74.7 Å². The van der Waals surface area contributed by atoms with Crippen LogP contribution >= 0.6 is 0 Å². The highest BCUT2D eigenvalue weighted by molar-refractivity contribution is 5.94. The number of anilines is 1. The summed E-state index contributed by atoms with van der Waals surface area (Å²) in [6.07, 6.45) is 1.52. The molecule has 0 aliphatic carbocycles. The van der Waals surface area contributed by atoms with E-state index in [0.717, 1.165) is 0 Å². The van der Waals surface area contributed by atoms with Crippen LogP contribution in [0.25, 0.3) is 0 Å². The number of hydrogen-bond acceptors (Lipinski definition) is 5. The van der Waals surface area contributed by atoms with Crippen LogP contribution in [0.4, 0.5) is 5.82 Å². The van der Waals surface area contributed by atoms with Crippen LogP contribution in [0.5, 0.6) is 0 Å². The Hall–Kier alpha value is -1.66. The van der Waals surface area contributed by atoms with E-state index in [1.54, 1.807) is 31.2 Å². The summed E-state index contributed by atoms with van der Waals surface area (Å²) in [6.45, 7) is 1.10. The molecule has 0 radical (unpaired) electrons. The maximum absolute atomic E-state index is 12.1. The van der Waals surface area contributed by atoms with Gasteiger partial charge in [0, 0.05) is 33.4 Å². The van der Waals surface area contributed by atoms with Gasteiger partial charge in [0.25, 0.3) is 5.91 Å². The van der Waals surface area contributed by atoms with Gasteiger partial charge in [0.05, 0.1) is 18.8 Å². The second-order valence-corrected chi connectivity index (χ2v) is 3.69. The van der Waals surface area contributed by atoms with Crippen molar-refractivity contribution in [1.29, 1.82) is 0 Å². The predicted molar refractivity (Wildman–Crippen MR) is 68.6 cm³/mol. The van der Waals surface area contributed by atoms with E-state index in [2.05, 4.69) is 10.3 Å². The summed E-state index contributed by atoms with van der Waals surface area (Å²) in [7, 11) is 3.34. The predicted octanol–water partition coefficient (Wildman–Crippen LogP) is 0.204. The lowest BCUT2D eigenvalue weighted by molar-refractivity contribution is 0.0656. The zero-order chi connectivity index (χ0) is 13.4. The lowest BCUT2D eigenvalue weighted by Crippen LogP contribution is -2.36. The molecule has 0 aromatic carbocycles. The van der Waals surface area contributed by atoms with E-state index in [0.29, 0.717) is 24.5 Å². The molecule has 1 aromatic rings. The highest BCUT2D eigenvalue weighted by Gasteiger charge is 2.15. The third-order valence-corrected chi connectivity index (χ3v) is 2.49. The number of amides is 1. The van der Waals surface area contributed by atoms with E-state index in [9.17, 15) is 4.79 Å². The van der Waals surface area contributed by atoms with Crippen molar-refractivity contribution in [3.8, 4) is 0 Å². The summed E-state index contributed by atoms with van der Waals surface area (Å²) < 4.78 is 4.94. The van der Waals surface area contributed by atoms with Crippen LogP contribution in [0.15, 0.2) is 18.3 Å². The molecule has 0 spiro atoms. The van der Waals surface area contributed by atoms with Crippen LogP contribution in [-0.4, -0.2) is 61.4 Å². The summed E-state index contributed by atoms with van der Waals surface area (Å²) >= 11 is 0. The minimum Gasteiger partial charge on any atom is -0.395 e. The van der Waals surface area contributed by atoms with Gasteiger partial charge >= 0.3 is 0 Å². The quantitative estimate of drug-likeness (QED) is 0.726. The fourth-order valence-electron chi connectivity index (χ4n) is 1.49. The number of hydrogen-bond donors (Lipinski definition) is 2. The van der Waals surface area contributed by atoms with Gasteiger partial charge in [-0.2, -0.15) is 0 Å². The van der Waals surface area contributed by atoms with Gasteiger partial charge in [0.2, 0.25) is 0 Å². The Kier molecular flexibility index (Phi) is 6.10. The number of nitrogens with zero attached hydrogens (tertiary/aromatic N) is 2. The fourth-order valence-corrected chi connectivity index (χ4v) is 1.49. The SMILES string of the molecule is CNc1ccc(C(=O)N(CCO)CCOC)cn1. The molecule has 1 aromatic heterocycles. The van der Waals surface area contributed by atoms with Crippen molar-refractivity contribution < 1.29 is 14.6 Å². The minimum atomic E-state index is -0.156. The van der Waals surface area contributed by atoms with E-state index in [-0.39, 0.29) is 19.1 Å². The van der Waals surface area contributed by atoms with Crippen LogP contribution < -0.4 is 5.32 Å². The zero-order valence-electron chi connectivity index (χ0n) is 10.7. The van der Waals surface area contributed by atoms with Crippen molar-refractivity contribution in [2.45, 2.75) is 0 Å². The standard InChI is InChI=1S/C12H19N3O3/c1-13-11-4-3-10(9-14-11)12(17)15(5-7-16)6-8-18-2/h3-4,9,16H,5-8H2,1-2H3,(H,13,14). The molecule has 1 heterocycles. The summed E-state index contributed by atoms with van der Waals surface area (Å²) in [4.78, 5) is 17.8. The summed E-state index contributed by atoms with van der Waals surface area (Å²) in [5, 5.41) is 11.8. The number of rotatable bonds is 7. The van der Waals surface area contributed by atoms with E-state index in [4.69, 9.17) is 9.84 Å². The van der Waals surface area contributed by atoms with E-state index in [1.807, 2.05) is 0 Å². The number of methoxy groups -OCH3 is 1. The summed E-state index contributed by atoms with van der Waals surface area (Å²) in [6, 6.07) is 3.44. The number of nitrogens with one attached hydrogen (secondary N) is 1. The minimum absolute atomic E-state index is 0.0719. The van der Waals surface area contributed by atoms with Gasteiger partial charge in [-0.25, -0.2) is 4.98 Å². The van der Waals surface area contributed by atoms with Crippen LogP contribution in [0.2, 0.25) is 0 Å². The Morgan fingerprint density at radius 2 is 2.28 bits per heavy atom. The van der Waals surface area contributed by atoms with E-state index >= 15 is 0 Å². The van der Waals surface area contributed by atoms with Crippen molar-refractivity contribution >= 4 is 11.7 Å². The molecule has 0 unspecified atom stereocenters. The second-order valence-electron chi connectivity index (χ2n) is 3.69. The van der Waals surface area contributed by atoms with Crippen molar-refractivity contribution in [3.63, 3.8) is 0 Å². The average Bonchev–Trinajstić information content (AvgIpc) is 2.43. The Morgan fingerprint density at radius 3 is 2.78 bits per heavy atom. The molecule has 0 saturated carbocycles. The normalized spacial score (nSPS) is 10.2. The molecule has 0 saturated heterocycles. The Labute approximate surface area is 107 Å². The number of aliphatic hydroxyl groups is 1. The first-order chi connectivity index (χ1) is 8.72. The summed E-state index contributed by atoms with van der Waals surface area (Å²) in [5.41, 5.74) is 0.499. The first kappa shape index (κ1) is 14.4. The molecular weight excluding hydrogens is 234 g/mol. The van der Waals surface area contributed by atoms with Crippen LogP contribution in [0.1, 0.15) is 10.4 Å². The van der Waals surface area contributed by atoms with Crippen molar-refractivity contribution in [1.82, 2.24) is 9.88 Å². The van der Waals surface area contributed by atoms with Gasteiger partial charge in [0.1, 0.15) is 5.82 Å². The molecule has 0 aliphatic heterocycles. The van der Waals surface area contributed by atoms with Gasteiger partial charge in [-0.15, -0.1) is 0 Å². The van der Waals surface area contributed by atoms with Crippen LogP contribution in [0.3, 0.4) is 0 Å². The molecule has 1 rings (SSSR count). The molecule has 0 fully saturated rings. The first-order valence-electron chi connectivity index (χ1n) is 5.75. The first-order valence-corrected chi connectivity index (χ1v) is 5.75. The highest BCUT2D eigenvalue weighted by Crippen LogP contribution is 2.07. The number of carbonyl (C=O) groups excluding carboxylic acids is 1. The van der Waals surface area contributed by atoms with Gasteiger partial charge in [-0.1, -0.05) is 0 Å². The van der Waals surface area contributed by atoms with Crippen molar-refractivity contribution in [2.24, 2.45) is 0 Å². The molecule has 0 atom stereocenters. The van der Waals surface area contributed by atoms with Crippen LogP contribution in [0, 0.1) is 0 Å². The Morgan fingerprint density at radius 1 is 1.50 bits per heavy atom. The molecule has 0 aliphatic rings. The second kappa shape index (κ2) is 7.62. The lowest BCUT2D eigenvalue weighted by Gasteiger charge is -2.21. The van der Waals surface area contributed by atoms with E-state index in [1.165, 1.54) is 6.20 Å². The van der Waals surface area contributed by atoms with Crippen molar-refractivity contribution in [2.75, 3.05) is 45.8 Å². The maximum Gasteiger partial charge on any atom is 0.255 e. The number of aliphatic hydroxyl groups excluding tert-OH is 1. The fraction of sp³-hybridized carbons (Fsp3) is 0.500. The molecule has 2 N–H and O–H groups in total. The van der Waals surface area contributed by atoms with Gasteiger partial charge < -0.3 is 20.1 Å². The molecule has 18 heavy (non-hydrogen) atoms. The molecule has 6 heteroatoms. The van der Waals surface area contributed by atoms with Crippen molar-refractivity contribution in [3.05, 3.63) is 23.9 Å². The lowest BCUT2D eigenvalue weighted by atomic mass is 10.2. The number of aromatic nitrogens is 1. The molecule has 0 bridgehead atoms. The maximum atomic E-state index is 12.1. The number of carbonyl (C=O) groups is 1. The Bertz CT molecular complexity index is 367. The molecule has 100 valence electrons. The smallest absolute Gasteiger partial charge is 0.255 e. The average molecular weight is 253 g/mol. The third-order valence-electron chi connectivity index (χ3n) is 2.49. The number of pyridine rings is 1. The zero-order valence-corrected chi connectivity index (χ0v) is 10.7. The van der Waals surface area contributed by atoms with Gasteiger partial charge in [0.15, 0.2) is 0 Å². The Balaban J connectivity index is 2.73. The van der Waals surface area contributed by atoms with Gasteiger partial charge in [-0.3, -0.25) is 4.79 Å². The highest BCUT2D eigenvalue weighted by atomic mass is 16.5. The molecular formula is C12H19N3O3. The largest absolute Gasteiger partial charge is 0.395 e. The monoisotopic (exact) mass is 253 g/mol. The third kappa shape index (κ3) is 3.97. The van der Waals surface area contributed by atoms with E-state index < -0.39 is 0 Å². The molecule has 1 amide bonds. The summed E-state index contributed by atoms with van der Waals surface area (Å²) in [5.74, 6) is 0.549. The van der Waals surface area contributed by atoms with Gasteiger partial charge in [-0.05, 0) is 12.1 Å². The number of ether oxygens (including phenoxy) is 1. The molecule has 6 nitrogen and oxygen atoms in total. The van der Waals surface area contributed by atoms with Crippen LogP contribution in [-0.2, 0) is 4.74 Å².